The van der Waals surface area contributed by atoms with Crippen LogP contribution in [0.25, 0.3) is 0 Å². The summed E-state index contributed by atoms with van der Waals surface area (Å²) in [7, 11) is 0. The molecule has 0 bridgehead atoms. The molecule has 3 rings (SSSR count). The third-order valence-corrected chi connectivity index (χ3v) is 3.77. The van der Waals surface area contributed by atoms with Crippen molar-refractivity contribution in [3.63, 3.8) is 0 Å². The van der Waals surface area contributed by atoms with Crippen LogP contribution in [-0.2, 0) is 11.2 Å². The molecule has 90 valence electrons. The number of carbonyl (C=O) groups is 1. The third-order valence-electron chi connectivity index (χ3n) is 2.68. The molecule has 3 nitrogen and oxygen atoms in total. The zero-order valence-electron chi connectivity index (χ0n) is 9.55. The molecule has 0 saturated carbocycles. The van der Waals surface area contributed by atoms with Crippen molar-refractivity contribution in [3.8, 4) is 11.5 Å². The summed E-state index contributed by atoms with van der Waals surface area (Å²) >= 11 is 1.65. The van der Waals surface area contributed by atoms with Crippen molar-refractivity contribution in [3.05, 3.63) is 48.0 Å². The number of hydrogen-bond donors (Lipinski definition) is 1. The van der Waals surface area contributed by atoms with E-state index < -0.39 is 0 Å². The number of rotatable bonds is 2. The highest BCUT2D eigenvalue weighted by molar-refractivity contribution is 7.99. The summed E-state index contributed by atoms with van der Waals surface area (Å²) in [6, 6.07) is 13.6. The van der Waals surface area contributed by atoms with Crippen LogP contribution in [0, 0.1) is 0 Å². The predicted molar refractivity (Wildman–Crippen MR) is 70.0 cm³/mol. The summed E-state index contributed by atoms with van der Waals surface area (Å²) in [6.45, 7) is 0. The SMILES string of the molecule is NC(=O)Cc1ccc2c(c1)Sc1ccccc1O2. The molecule has 1 amide bonds. The maximum atomic E-state index is 10.9. The minimum atomic E-state index is -0.322. The molecule has 0 spiro atoms. The van der Waals surface area contributed by atoms with Crippen LogP contribution in [0.5, 0.6) is 11.5 Å². The minimum absolute atomic E-state index is 0.259. The van der Waals surface area contributed by atoms with Crippen molar-refractivity contribution in [2.45, 2.75) is 16.2 Å². The molecular formula is C14H11NO2S. The molecule has 0 atom stereocenters. The standard InChI is InChI=1S/C14H11NO2S/c15-14(16)8-9-5-6-11-13(7-9)18-12-4-2-1-3-10(12)17-11/h1-7H,8H2,(H2,15,16). The molecule has 0 unspecified atom stereocenters. The van der Waals surface area contributed by atoms with E-state index in [-0.39, 0.29) is 12.3 Å². The fourth-order valence-electron chi connectivity index (χ4n) is 1.88. The van der Waals surface area contributed by atoms with Crippen LogP contribution in [0.15, 0.2) is 52.3 Å². The van der Waals surface area contributed by atoms with Gasteiger partial charge in [0.05, 0.1) is 16.2 Å². The van der Waals surface area contributed by atoms with Crippen molar-refractivity contribution in [1.29, 1.82) is 0 Å². The normalized spacial score (nSPS) is 12.2. The number of fused-ring (bicyclic) bond motifs is 2. The second-order valence-electron chi connectivity index (χ2n) is 4.08. The fraction of sp³-hybridized carbons (Fsp3) is 0.0714. The van der Waals surface area contributed by atoms with Crippen LogP contribution in [-0.4, -0.2) is 5.91 Å². The van der Waals surface area contributed by atoms with Crippen molar-refractivity contribution in [2.24, 2.45) is 5.73 Å². The van der Waals surface area contributed by atoms with Crippen molar-refractivity contribution < 1.29 is 9.53 Å². The van der Waals surface area contributed by atoms with E-state index >= 15 is 0 Å². The molecule has 0 saturated heterocycles. The lowest BCUT2D eigenvalue weighted by molar-refractivity contribution is -0.117. The van der Waals surface area contributed by atoms with Crippen LogP contribution in [0.1, 0.15) is 5.56 Å². The largest absolute Gasteiger partial charge is 0.455 e. The predicted octanol–water partition coefficient (Wildman–Crippen LogP) is 2.97. The molecule has 1 aliphatic rings. The Hall–Kier alpha value is -1.94. The molecule has 1 heterocycles. The highest BCUT2D eigenvalue weighted by Crippen LogP contribution is 2.46. The smallest absolute Gasteiger partial charge is 0.221 e. The molecule has 2 aromatic rings. The highest BCUT2D eigenvalue weighted by Gasteiger charge is 2.17. The Morgan fingerprint density at radius 1 is 1.11 bits per heavy atom. The lowest BCUT2D eigenvalue weighted by atomic mass is 10.1. The van der Waals surface area contributed by atoms with Crippen molar-refractivity contribution in [1.82, 2.24) is 0 Å². The third kappa shape index (κ3) is 2.07. The number of primary amides is 1. The lowest BCUT2D eigenvalue weighted by Gasteiger charge is -2.19. The van der Waals surface area contributed by atoms with Gasteiger partial charge in [-0.05, 0) is 29.8 Å². The minimum Gasteiger partial charge on any atom is -0.455 e. The maximum Gasteiger partial charge on any atom is 0.221 e. The first-order valence-electron chi connectivity index (χ1n) is 5.58. The molecule has 0 aliphatic carbocycles. The summed E-state index contributed by atoms with van der Waals surface area (Å²) in [5.74, 6) is 1.38. The Balaban J connectivity index is 1.96. The lowest BCUT2D eigenvalue weighted by Crippen LogP contribution is -2.13. The van der Waals surface area contributed by atoms with Crippen LogP contribution in [0.2, 0.25) is 0 Å². The average Bonchev–Trinajstić information content (AvgIpc) is 2.35. The van der Waals surface area contributed by atoms with E-state index in [1.807, 2.05) is 42.5 Å². The van der Waals surface area contributed by atoms with E-state index in [0.29, 0.717) is 0 Å². The number of para-hydroxylation sites is 1. The first kappa shape index (κ1) is 11.2. The Bertz CT molecular complexity index is 625. The topological polar surface area (TPSA) is 52.3 Å². The number of ether oxygens (including phenoxy) is 1. The quantitative estimate of drug-likeness (QED) is 0.768. The van der Waals surface area contributed by atoms with Gasteiger partial charge in [-0.3, -0.25) is 4.79 Å². The number of carbonyl (C=O) groups excluding carboxylic acids is 1. The summed E-state index contributed by atoms with van der Waals surface area (Å²) in [5.41, 5.74) is 6.11. The van der Waals surface area contributed by atoms with E-state index in [1.54, 1.807) is 11.8 Å². The second-order valence-corrected chi connectivity index (χ2v) is 5.16. The van der Waals surface area contributed by atoms with Gasteiger partial charge in [-0.15, -0.1) is 0 Å². The van der Waals surface area contributed by atoms with E-state index in [1.165, 1.54) is 0 Å². The number of nitrogens with two attached hydrogens (primary N) is 1. The van der Waals surface area contributed by atoms with E-state index in [9.17, 15) is 4.79 Å². The van der Waals surface area contributed by atoms with Gasteiger partial charge in [0.25, 0.3) is 0 Å². The number of benzene rings is 2. The molecular weight excluding hydrogens is 246 g/mol. The molecule has 0 aromatic heterocycles. The van der Waals surface area contributed by atoms with Gasteiger partial charge in [-0.2, -0.15) is 0 Å². The van der Waals surface area contributed by atoms with Gasteiger partial charge in [0.2, 0.25) is 5.91 Å². The van der Waals surface area contributed by atoms with Gasteiger partial charge in [0, 0.05) is 0 Å². The summed E-state index contributed by atoms with van der Waals surface area (Å²) < 4.78 is 5.80. The number of hydrogen-bond acceptors (Lipinski definition) is 3. The Morgan fingerprint density at radius 3 is 2.72 bits per heavy atom. The molecule has 1 aliphatic heterocycles. The Kier molecular flexibility index (Phi) is 2.72. The summed E-state index contributed by atoms with van der Waals surface area (Å²) in [6.07, 6.45) is 0.259. The van der Waals surface area contributed by atoms with Gasteiger partial charge in [0.1, 0.15) is 11.5 Å². The first-order chi connectivity index (χ1) is 8.72. The van der Waals surface area contributed by atoms with Crippen LogP contribution < -0.4 is 10.5 Å². The fourth-order valence-corrected chi connectivity index (χ4v) is 2.90. The molecule has 2 aromatic carbocycles. The van der Waals surface area contributed by atoms with Gasteiger partial charge in [0.15, 0.2) is 0 Å². The molecule has 18 heavy (non-hydrogen) atoms. The highest BCUT2D eigenvalue weighted by atomic mass is 32.2. The second kappa shape index (κ2) is 4.38. The van der Waals surface area contributed by atoms with Crippen LogP contribution in [0.4, 0.5) is 0 Å². The zero-order valence-corrected chi connectivity index (χ0v) is 10.4. The van der Waals surface area contributed by atoms with Gasteiger partial charge in [-0.25, -0.2) is 0 Å². The van der Waals surface area contributed by atoms with Gasteiger partial charge in [-0.1, -0.05) is 30.0 Å². The number of amides is 1. The van der Waals surface area contributed by atoms with Crippen molar-refractivity contribution in [2.75, 3.05) is 0 Å². The first-order valence-corrected chi connectivity index (χ1v) is 6.40. The van der Waals surface area contributed by atoms with Gasteiger partial charge >= 0.3 is 0 Å². The molecule has 0 radical (unpaired) electrons. The molecule has 0 fully saturated rings. The van der Waals surface area contributed by atoms with E-state index in [4.69, 9.17) is 10.5 Å². The maximum absolute atomic E-state index is 10.9. The molecule has 2 N–H and O–H groups in total. The molecule has 4 heteroatoms. The Labute approximate surface area is 109 Å². The van der Waals surface area contributed by atoms with E-state index in [2.05, 4.69) is 0 Å². The zero-order chi connectivity index (χ0) is 12.5. The monoisotopic (exact) mass is 257 g/mol. The van der Waals surface area contributed by atoms with E-state index in [0.717, 1.165) is 26.9 Å². The summed E-state index contributed by atoms with van der Waals surface area (Å²) in [5, 5.41) is 0. The van der Waals surface area contributed by atoms with Crippen molar-refractivity contribution >= 4 is 17.7 Å². The summed E-state index contributed by atoms with van der Waals surface area (Å²) in [4.78, 5) is 13.0. The van der Waals surface area contributed by atoms with Gasteiger partial charge < -0.3 is 10.5 Å². The van der Waals surface area contributed by atoms with Crippen LogP contribution in [0.3, 0.4) is 0 Å². The van der Waals surface area contributed by atoms with Crippen LogP contribution >= 0.6 is 11.8 Å². The average molecular weight is 257 g/mol. The Morgan fingerprint density at radius 2 is 1.89 bits per heavy atom.